The Balaban J connectivity index is 3.01. The van der Waals surface area contributed by atoms with Gasteiger partial charge in [0.1, 0.15) is 18.1 Å². The van der Waals surface area contributed by atoms with Gasteiger partial charge in [-0.1, -0.05) is 30.3 Å². The Labute approximate surface area is 196 Å². The van der Waals surface area contributed by atoms with Crippen LogP contribution in [-0.2, 0) is 30.4 Å². The maximum Gasteiger partial charge on any atom is 0.326 e. The van der Waals surface area contributed by atoms with E-state index in [1.165, 1.54) is 11.8 Å². The summed E-state index contributed by atoms with van der Waals surface area (Å²) in [6.07, 6.45) is 1.78. The molecule has 0 bridgehead atoms. The van der Waals surface area contributed by atoms with Gasteiger partial charge in [0.15, 0.2) is 0 Å². The fourth-order valence-electron chi connectivity index (χ4n) is 2.91. The molecule has 1 aromatic rings. The van der Waals surface area contributed by atoms with E-state index in [4.69, 9.17) is 11.5 Å². The zero-order valence-electron chi connectivity index (χ0n) is 18.4. The number of amides is 4. The summed E-state index contributed by atoms with van der Waals surface area (Å²) in [6.45, 7) is -0.333. The fraction of sp³-hybridized carbons (Fsp3) is 0.476. The summed E-state index contributed by atoms with van der Waals surface area (Å²) in [6, 6.07) is 5.47. The number of aliphatic carboxylic acids is 1. The zero-order chi connectivity index (χ0) is 24.8. The molecule has 0 aliphatic rings. The largest absolute Gasteiger partial charge is 0.480 e. The van der Waals surface area contributed by atoms with Gasteiger partial charge in [0.25, 0.3) is 0 Å². The van der Waals surface area contributed by atoms with Crippen LogP contribution in [0.25, 0.3) is 0 Å². The van der Waals surface area contributed by atoms with Crippen molar-refractivity contribution in [1.29, 1.82) is 0 Å². The van der Waals surface area contributed by atoms with Crippen molar-refractivity contribution in [3.8, 4) is 0 Å². The average Bonchev–Trinajstić information content (AvgIpc) is 2.78. The van der Waals surface area contributed by atoms with E-state index >= 15 is 0 Å². The number of hydrogen-bond acceptors (Lipinski definition) is 7. The number of carbonyl (C=O) groups is 5. The fourth-order valence-corrected chi connectivity index (χ4v) is 3.38. The molecular formula is C21H31N5O6S. The van der Waals surface area contributed by atoms with E-state index in [9.17, 15) is 29.1 Å². The Kier molecular flexibility index (Phi) is 12.6. The number of primary amides is 1. The minimum absolute atomic E-state index is 0.133. The molecule has 4 amide bonds. The summed E-state index contributed by atoms with van der Waals surface area (Å²) in [5, 5.41) is 16.8. The maximum atomic E-state index is 13.0. The zero-order valence-corrected chi connectivity index (χ0v) is 19.2. The molecule has 33 heavy (non-hydrogen) atoms. The molecule has 3 unspecified atom stereocenters. The molecule has 0 aliphatic carbocycles. The van der Waals surface area contributed by atoms with Crippen molar-refractivity contribution in [2.24, 2.45) is 11.5 Å². The van der Waals surface area contributed by atoms with Crippen LogP contribution in [0.15, 0.2) is 30.3 Å². The first-order valence-corrected chi connectivity index (χ1v) is 11.7. The quantitative estimate of drug-likeness (QED) is 0.179. The Bertz CT molecular complexity index is 823. The second-order valence-corrected chi connectivity index (χ2v) is 8.25. The van der Waals surface area contributed by atoms with Crippen LogP contribution in [0.3, 0.4) is 0 Å². The van der Waals surface area contributed by atoms with Crippen LogP contribution in [0, 0.1) is 0 Å². The third kappa shape index (κ3) is 10.8. The van der Waals surface area contributed by atoms with E-state index < -0.39 is 47.7 Å². The van der Waals surface area contributed by atoms with E-state index in [2.05, 4.69) is 16.0 Å². The number of thioether (sulfide) groups is 1. The molecular weight excluding hydrogens is 450 g/mol. The number of nitrogens with two attached hydrogens (primary N) is 2. The van der Waals surface area contributed by atoms with Crippen molar-refractivity contribution < 1.29 is 29.1 Å². The van der Waals surface area contributed by atoms with Gasteiger partial charge in [-0.25, -0.2) is 4.79 Å². The molecule has 12 heteroatoms. The molecule has 0 saturated carbocycles. The molecule has 0 heterocycles. The van der Waals surface area contributed by atoms with Crippen LogP contribution in [0.5, 0.6) is 0 Å². The molecule has 1 aromatic carbocycles. The van der Waals surface area contributed by atoms with Gasteiger partial charge in [-0.3, -0.25) is 19.2 Å². The van der Waals surface area contributed by atoms with Gasteiger partial charge >= 0.3 is 5.97 Å². The first-order chi connectivity index (χ1) is 15.7. The van der Waals surface area contributed by atoms with Crippen LogP contribution in [-0.4, -0.2) is 71.4 Å². The number of carboxylic acid groups (broad SMARTS) is 1. The van der Waals surface area contributed by atoms with E-state index in [1.807, 2.05) is 0 Å². The minimum atomic E-state index is -1.23. The standard InChI is InChI=1S/C21H31N5O6S/c1-33-10-9-15(21(31)32)26-19(29)14(7-8-17(23)27)25-20(30)16(24-18(28)12-22)11-13-5-3-2-4-6-13/h2-6,14-16H,7-12,22H2,1H3,(H2,23,27)(H,24,28)(H,25,30)(H,26,29)(H,31,32). The monoisotopic (exact) mass is 481 g/mol. The van der Waals surface area contributed by atoms with Gasteiger partial charge in [0, 0.05) is 12.8 Å². The second-order valence-electron chi connectivity index (χ2n) is 7.26. The van der Waals surface area contributed by atoms with Gasteiger partial charge in [0.05, 0.1) is 6.54 Å². The maximum absolute atomic E-state index is 13.0. The molecule has 0 spiro atoms. The van der Waals surface area contributed by atoms with Crippen molar-refractivity contribution in [3.63, 3.8) is 0 Å². The van der Waals surface area contributed by atoms with Gasteiger partial charge in [-0.15, -0.1) is 0 Å². The Morgan fingerprint density at radius 2 is 1.55 bits per heavy atom. The normalized spacial score (nSPS) is 13.3. The number of rotatable bonds is 15. The summed E-state index contributed by atoms with van der Waals surface area (Å²) >= 11 is 1.42. The van der Waals surface area contributed by atoms with Gasteiger partial charge < -0.3 is 32.5 Å². The summed E-state index contributed by atoms with van der Waals surface area (Å²) < 4.78 is 0. The lowest BCUT2D eigenvalue weighted by Crippen LogP contribution is -2.56. The Hall–Kier alpha value is -3.12. The van der Waals surface area contributed by atoms with E-state index in [-0.39, 0.29) is 32.2 Å². The molecule has 0 radical (unpaired) electrons. The van der Waals surface area contributed by atoms with Crippen molar-refractivity contribution in [2.75, 3.05) is 18.6 Å². The molecule has 3 atom stereocenters. The minimum Gasteiger partial charge on any atom is -0.480 e. The van der Waals surface area contributed by atoms with E-state index in [0.29, 0.717) is 5.75 Å². The van der Waals surface area contributed by atoms with Gasteiger partial charge in [-0.05, 0) is 30.4 Å². The molecule has 0 aliphatic heterocycles. The van der Waals surface area contributed by atoms with Gasteiger partial charge in [0.2, 0.25) is 23.6 Å². The molecule has 0 fully saturated rings. The number of nitrogens with one attached hydrogen (secondary N) is 3. The SMILES string of the molecule is CSCCC(NC(=O)C(CCC(N)=O)NC(=O)C(Cc1ccccc1)NC(=O)CN)C(=O)O. The third-order valence-electron chi connectivity index (χ3n) is 4.66. The smallest absolute Gasteiger partial charge is 0.326 e. The predicted molar refractivity (Wildman–Crippen MR) is 124 cm³/mol. The lowest BCUT2D eigenvalue weighted by molar-refractivity contribution is -0.142. The van der Waals surface area contributed by atoms with Crippen molar-refractivity contribution in [2.45, 2.75) is 43.8 Å². The highest BCUT2D eigenvalue weighted by molar-refractivity contribution is 7.98. The number of carboxylic acids is 1. The highest BCUT2D eigenvalue weighted by Crippen LogP contribution is 2.07. The lowest BCUT2D eigenvalue weighted by Gasteiger charge is -2.24. The van der Waals surface area contributed by atoms with Crippen LogP contribution in [0.1, 0.15) is 24.8 Å². The van der Waals surface area contributed by atoms with Crippen molar-refractivity contribution in [1.82, 2.24) is 16.0 Å². The highest BCUT2D eigenvalue weighted by Gasteiger charge is 2.29. The molecule has 182 valence electrons. The summed E-state index contributed by atoms with van der Waals surface area (Å²) in [7, 11) is 0. The van der Waals surface area contributed by atoms with Crippen LogP contribution in [0.4, 0.5) is 0 Å². The molecule has 0 aromatic heterocycles. The molecule has 8 N–H and O–H groups in total. The highest BCUT2D eigenvalue weighted by atomic mass is 32.2. The van der Waals surface area contributed by atoms with E-state index in [1.54, 1.807) is 36.6 Å². The van der Waals surface area contributed by atoms with E-state index in [0.717, 1.165) is 5.56 Å². The van der Waals surface area contributed by atoms with Crippen LogP contribution >= 0.6 is 11.8 Å². The third-order valence-corrected chi connectivity index (χ3v) is 5.30. The molecule has 1 rings (SSSR count). The van der Waals surface area contributed by atoms with Crippen LogP contribution in [0.2, 0.25) is 0 Å². The summed E-state index contributed by atoms with van der Waals surface area (Å²) in [5.74, 6) is -3.40. The average molecular weight is 482 g/mol. The Morgan fingerprint density at radius 3 is 2.09 bits per heavy atom. The second kappa shape index (κ2) is 14.9. The summed E-state index contributed by atoms with van der Waals surface area (Å²) in [5.41, 5.74) is 11.3. The molecule has 0 saturated heterocycles. The topological polar surface area (TPSA) is 194 Å². The van der Waals surface area contributed by atoms with Gasteiger partial charge in [-0.2, -0.15) is 11.8 Å². The van der Waals surface area contributed by atoms with Crippen molar-refractivity contribution in [3.05, 3.63) is 35.9 Å². The lowest BCUT2D eigenvalue weighted by atomic mass is 10.0. The number of hydrogen-bond donors (Lipinski definition) is 6. The first kappa shape index (κ1) is 27.9. The molecule has 11 nitrogen and oxygen atoms in total. The first-order valence-electron chi connectivity index (χ1n) is 10.3. The predicted octanol–water partition coefficient (Wildman–Crippen LogP) is -1.25. The van der Waals surface area contributed by atoms with Crippen molar-refractivity contribution >= 4 is 41.4 Å². The number of carbonyl (C=O) groups excluding carboxylic acids is 4. The van der Waals surface area contributed by atoms with Crippen LogP contribution < -0.4 is 27.4 Å². The summed E-state index contributed by atoms with van der Waals surface area (Å²) in [4.78, 5) is 60.3. The number of benzene rings is 1. The Morgan fingerprint density at radius 1 is 0.939 bits per heavy atom.